The number of carbonyl (C=O) groups excluding carboxylic acids is 1. The fourth-order valence-electron chi connectivity index (χ4n) is 2.24. The van der Waals surface area contributed by atoms with Crippen molar-refractivity contribution < 1.29 is 4.79 Å². The Morgan fingerprint density at radius 2 is 2.00 bits per heavy atom. The molecule has 0 radical (unpaired) electrons. The number of anilines is 1. The second-order valence-corrected chi connectivity index (χ2v) is 6.65. The first kappa shape index (κ1) is 17.1. The van der Waals surface area contributed by atoms with Gasteiger partial charge in [0, 0.05) is 11.9 Å². The molecule has 8 heteroatoms. The summed E-state index contributed by atoms with van der Waals surface area (Å²) in [7, 11) is 0. The summed E-state index contributed by atoms with van der Waals surface area (Å²) in [5.74, 6) is 0.535. The molecule has 1 N–H and O–H groups in total. The number of fused-ring (bicyclic) bond motifs is 1. The van der Waals surface area contributed by atoms with Crippen molar-refractivity contribution in [3.63, 3.8) is 0 Å². The molecule has 3 aromatic rings. The normalized spacial score (nSPS) is 10.8. The van der Waals surface area contributed by atoms with E-state index in [1.807, 2.05) is 38.1 Å². The van der Waals surface area contributed by atoms with E-state index in [2.05, 4.69) is 20.3 Å². The van der Waals surface area contributed by atoms with Crippen LogP contribution in [0.15, 0.2) is 46.7 Å². The molecule has 0 saturated heterocycles. The number of hydrogen-bond donors (Lipinski definition) is 1. The summed E-state index contributed by atoms with van der Waals surface area (Å²) in [6, 6.07) is 7.44. The van der Waals surface area contributed by atoms with E-state index in [4.69, 9.17) is 0 Å². The first-order valence-corrected chi connectivity index (χ1v) is 8.77. The lowest BCUT2D eigenvalue weighted by Crippen LogP contribution is -2.28. The van der Waals surface area contributed by atoms with Crippen molar-refractivity contribution in [3.05, 3.63) is 52.7 Å². The lowest BCUT2D eigenvalue weighted by Gasteiger charge is -2.08. The fourth-order valence-corrected chi connectivity index (χ4v) is 2.78. The second-order valence-electron chi connectivity index (χ2n) is 5.41. The number of rotatable bonds is 5. The second kappa shape index (κ2) is 7.43. The third-order valence-electron chi connectivity index (χ3n) is 3.48. The van der Waals surface area contributed by atoms with Crippen molar-refractivity contribution in [1.82, 2.24) is 19.5 Å². The van der Waals surface area contributed by atoms with Crippen LogP contribution in [0, 0.1) is 6.92 Å². The van der Waals surface area contributed by atoms with Crippen LogP contribution in [0.2, 0.25) is 0 Å². The summed E-state index contributed by atoms with van der Waals surface area (Å²) >= 11 is 1.48. The smallest absolute Gasteiger partial charge is 0.264 e. The summed E-state index contributed by atoms with van der Waals surface area (Å²) in [4.78, 5) is 37.2. The Labute approximate surface area is 148 Å². The van der Waals surface area contributed by atoms with Crippen LogP contribution >= 0.6 is 11.8 Å². The minimum absolute atomic E-state index is 0.124. The van der Waals surface area contributed by atoms with Gasteiger partial charge in [0.2, 0.25) is 5.91 Å². The highest BCUT2D eigenvalue weighted by Crippen LogP contribution is 2.13. The molecular formula is C17H17N5O2S. The summed E-state index contributed by atoms with van der Waals surface area (Å²) in [6.45, 7) is 3.84. The van der Waals surface area contributed by atoms with E-state index in [1.54, 1.807) is 0 Å². The van der Waals surface area contributed by atoms with Gasteiger partial charge in [0.25, 0.3) is 5.56 Å². The van der Waals surface area contributed by atoms with Gasteiger partial charge in [0.05, 0.1) is 0 Å². The maximum absolute atomic E-state index is 12.5. The molecule has 0 atom stereocenters. The minimum Gasteiger partial charge on any atom is -0.325 e. The topological polar surface area (TPSA) is 89.8 Å². The van der Waals surface area contributed by atoms with Crippen LogP contribution in [0.1, 0.15) is 12.5 Å². The van der Waals surface area contributed by atoms with Gasteiger partial charge in [-0.2, -0.15) is 0 Å². The van der Waals surface area contributed by atoms with Gasteiger partial charge in [-0.25, -0.2) is 15.0 Å². The molecule has 0 aliphatic carbocycles. The van der Waals surface area contributed by atoms with E-state index in [-0.39, 0.29) is 18.0 Å². The number of nitrogens with one attached hydrogen (secondary N) is 1. The summed E-state index contributed by atoms with van der Waals surface area (Å²) < 4.78 is 1.25. The molecule has 25 heavy (non-hydrogen) atoms. The molecule has 0 fully saturated rings. The Hall–Kier alpha value is -2.74. The maximum atomic E-state index is 12.5. The number of thioether (sulfide) groups is 1. The third-order valence-corrected chi connectivity index (χ3v) is 4.22. The molecule has 1 amide bonds. The van der Waals surface area contributed by atoms with Crippen LogP contribution in [0.3, 0.4) is 0 Å². The SMILES string of the molecule is CCSc1ncc2c(=O)n(CC(=O)Nc3ccc(C)cc3)cnc2n1. The molecule has 0 saturated carbocycles. The standard InChI is InChI=1S/C17H17N5O2S/c1-3-25-17-18-8-13-15(21-17)19-10-22(16(13)24)9-14(23)20-12-6-4-11(2)5-7-12/h4-8,10H,3,9H2,1-2H3,(H,20,23). The average molecular weight is 355 g/mol. The Kier molecular flexibility index (Phi) is 5.08. The summed E-state index contributed by atoms with van der Waals surface area (Å²) in [6.07, 6.45) is 2.80. The van der Waals surface area contributed by atoms with Crippen LogP contribution in [0.5, 0.6) is 0 Å². The number of nitrogens with zero attached hydrogens (tertiary/aromatic N) is 4. The Bertz CT molecular complexity index is 969. The molecule has 2 heterocycles. The molecule has 1 aromatic carbocycles. The van der Waals surface area contributed by atoms with E-state index in [0.717, 1.165) is 11.3 Å². The maximum Gasteiger partial charge on any atom is 0.264 e. The molecule has 0 aliphatic rings. The van der Waals surface area contributed by atoms with Gasteiger partial charge in [0.15, 0.2) is 10.8 Å². The molecule has 0 unspecified atom stereocenters. The molecule has 7 nitrogen and oxygen atoms in total. The zero-order valence-corrected chi connectivity index (χ0v) is 14.7. The van der Waals surface area contributed by atoms with Crippen LogP contribution < -0.4 is 10.9 Å². The molecule has 128 valence electrons. The van der Waals surface area contributed by atoms with Crippen LogP contribution in [0.25, 0.3) is 11.0 Å². The number of aryl methyl sites for hydroxylation is 1. The first-order chi connectivity index (χ1) is 12.1. The van der Waals surface area contributed by atoms with Gasteiger partial charge in [-0.15, -0.1) is 0 Å². The highest BCUT2D eigenvalue weighted by molar-refractivity contribution is 7.99. The number of hydrogen-bond acceptors (Lipinski definition) is 6. The van der Waals surface area contributed by atoms with Crippen molar-refractivity contribution in [2.24, 2.45) is 0 Å². The van der Waals surface area contributed by atoms with E-state index >= 15 is 0 Å². The van der Waals surface area contributed by atoms with Crippen molar-refractivity contribution in [2.45, 2.75) is 25.5 Å². The predicted octanol–water partition coefficient (Wildman–Crippen LogP) is 2.25. The van der Waals surface area contributed by atoms with Crippen molar-refractivity contribution in [2.75, 3.05) is 11.1 Å². The van der Waals surface area contributed by atoms with E-state index < -0.39 is 0 Å². The van der Waals surface area contributed by atoms with Crippen LogP contribution in [-0.2, 0) is 11.3 Å². The summed E-state index contributed by atoms with van der Waals surface area (Å²) in [5.41, 5.74) is 1.79. The summed E-state index contributed by atoms with van der Waals surface area (Å²) in [5, 5.41) is 3.64. The average Bonchev–Trinajstić information content (AvgIpc) is 2.60. The highest BCUT2D eigenvalue weighted by atomic mass is 32.2. The van der Waals surface area contributed by atoms with Gasteiger partial charge in [-0.05, 0) is 24.8 Å². The largest absolute Gasteiger partial charge is 0.325 e. The van der Waals surface area contributed by atoms with E-state index in [1.165, 1.54) is 28.9 Å². The molecule has 3 rings (SSSR count). The number of benzene rings is 1. The molecule has 0 spiro atoms. The van der Waals surface area contributed by atoms with Gasteiger partial charge >= 0.3 is 0 Å². The number of carbonyl (C=O) groups is 1. The van der Waals surface area contributed by atoms with E-state index in [0.29, 0.717) is 21.9 Å². The number of aromatic nitrogens is 4. The lowest BCUT2D eigenvalue weighted by molar-refractivity contribution is -0.116. The lowest BCUT2D eigenvalue weighted by atomic mass is 10.2. The minimum atomic E-state index is -0.336. The monoisotopic (exact) mass is 355 g/mol. The Morgan fingerprint density at radius 3 is 2.72 bits per heavy atom. The van der Waals surface area contributed by atoms with Gasteiger partial charge in [-0.3, -0.25) is 14.2 Å². The van der Waals surface area contributed by atoms with Gasteiger partial charge in [-0.1, -0.05) is 36.4 Å². The van der Waals surface area contributed by atoms with Crippen molar-refractivity contribution in [3.8, 4) is 0 Å². The third kappa shape index (κ3) is 4.03. The molecule has 0 bridgehead atoms. The fraction of sp³-hybridized carbons (Fsp3) is 0.235. The molecule has 0 aliphatic heterocycles. The Balaban J connectivity index is 1.80. The number of amides is 1. The van der Waals surface area contributed by atoms with Crippen LogP contribution in [-0.4, -0.2) is 31.2 Å². The van der Waals surface area contributed by atoms with Gasteiger partial charge in [0.1, 0.15) is 18.3 Å². The van der Waals surface area contributed by atoms with Crippen molar-refractivity contribution in [1.29, 1.82) is 0 Å². The van der Waals surface area contributed by atoms with Crippen LogP contribution in [0.4, 0.5) is 5.69 Å². The highest BCUT2D eigenvalue weighted by Gasteiger charge is 2.10. The zero-order chi connectivity index (χ0) is 17.8. The molecular weight excluding hydrogens is 338 g/mol. The van der Waals surface area contributed by atoms with Gasteiger partial charge < -0.3 is 5.32 Å². The Morgan fingerprint density at radius 1 is 1.24 bits per heavy atom. The zero-order valence-electron chi connectivity index (χ0n) is 13.9. The predicted molar refractivity (Wildman–Crippen MR) is 97.8 cm³/mol. The molecule has 2 aromatic heterocycles. The van der Waals surface area contributed by atoms with Crippen molar-refractivity contribution >= 4 is 34.4 Å². The quantitative estimate of drug-likeness (QED) is 0.558. The van der Waals surface area contributed by atoms with E-state index in [9.17, 15) is 9.59 Å². The first-order valence-electron chi connectivity index (χ1n) is 7.78.